The first-order chi connectivity index (χ1) is 8.40. The molecule has 0 spiro atoms. The van der Waals surface area contributed by atoms with Crippen molar-refractivity contribution in [1.82, 2.24) is 0 Å². The van der Waals surface area contributed by atoms with Crippen LogP contribution < -0.4 is 0 Å². The average Bonchev–Trinajstić information content (AvgIpc) is 2.27. The highest BCUT2D eigenvalue weighted by Crippen LogP contribution is 2.10. The van der Waals surface area contributed by atoms with Gasteiger partial charge in [-0.3, -0.25) is 19.2 Å². The molecular formula is C14H14O4. The summed E-state index contributed by atoms with van der Waals surface area (Å²) in [7, 11) is 0. The van der Waals surface area contributed by atoms with E-state index in [1.54, 1.807) is 18.2 Å². The largest absolute Gasteiger partial charge is 0.300 e. The predicted molar refractivity (Wildman–Crippen MR) is 65.7 cm³/mol. The molecule has 0 aromatic heterocycles. The molecule has 0 aliphatic carbocycles. The van der Waals surface area contributed by atoms with Gasteiger partial charge >= 0.3 is 0 Å². The number of carbonyl (C=O) groups excluding carboxylic acids is 4. The highest BCUT2D eigenvalue weighted by molar-refractivity contribution is 6.10. The quantitative estimate of drug-likeness (QED) is 0.568. The van der Waals surface area contributed by atoms with Crippen molar-refractivity contribution in [3.8, 4) is 0 Å². The molecule has 18 heavy (non-hydrogen) atoms. The highest BCUT2D eigenvalue weighted by Gasteiger charge is 2.13. The summed E-state index contributed by atoms with van der Waals surface area (Å²) in [5.41, 5.74) is 0.638. The molecule has 0 saturated carbocycles. The van der Waals surface area contributed by atoms with Crippen LogP contribution in [0.2, 0.25) is 0 Å². The van der Waals surface area contributed by atoms with Crippen LogP contribution >= 0.6 is 0 Å². The summed E-state index contributed by atoms with van der Waals surface area (Å²) in [5, 5.41) is 0. The minimum absolute atomic E-state index is 0.176. The second-order valence-corrected chi connectivity index (χ2v) is 4.18. The molecule has 1 rings (SSSR count). The maximum atomic E-state index is 11.7. The Morgan fingerprint density at radius 2 is 1.22 bits per heavy atom. The Kier molecular flexibility index (Phi) is 4.66. The van der Waals surface area contributed by atoms with Crippen LogP contribution in [0.15, 0.2) is 24.3 Å². The molecule has 0 radical (unpaired) electrons. The van der Waals surface area contributed by atoms with Crippen molar-refractivity contribution in [3.63, 3.8) is 0 Å². The molecule has 0 fully saturated rings. The molecule has 0 aliphatic heterocycles. The van der Waals surface area contributed by atoms with Crippen LogP contribution in [0.1, 0.15) is 47.4 Å². The minimum atomic E-state index is -0.319. The van der Waals surface area contributed by atoms with Crippen molar-refractivity contribution in [2.45, 2.75) is 26.7 Å². The van der Waals surface area contributed by atoms with Crippen molar-refractivity contribution in [1.29, 1.82) is 0 Å². The number of hydrogen-bond donors (Lipinski definition) is 0. The lowest BCUT2D eigenvalue weighted by atomic mass is 10.00. The molecule has 1 aromatic rings. The molecule has 94 valence electrons. The van der Waals surface area contributed by atoms with Crippen LogP contribution in [0, 0.1) is 0 Å². The highest BCUT2D eigenvalue weighted by atomic mass is 16.2. The smallest absolute Gasteiger partial charge is 0.170 e. The molecule has 0 unspecified atom stereocenters. The summed E-state index contributed by atoms with van der Waals surface area (Å²) in [5.74, 6) is -1.08. The fourth-order valence-corrected chi connectivity index (χ4v) is 1.52. The second kappa shape index (κ2) is 6.00. The van der Waals surface area contributed by atoms with Gasteiger partial charge in [0, 0.05) is 11.1 Å². The summed E-state index contributed by atoms with van der Waals surface area (Å²) in [6.45, 7) is 2.67. The third kappa shape index (κ3) is 4.05. The van der Waals surface area contributed by atoms with E-state index < -0.39 is 0 Å². The summed E-state index contributed by atoms with van der Waals surface area (Å²) in [4.78, 5) is 45.0. The molecule has 0 amide bonds. The third-order valence-corrected chi connectivity index (χ3v) is 2.33. The number of benzene rings is 1. The van der Waals surface area contributed by atoms with Gasteiger partial charge in [-0.2, -0.15) is 0 Å². The van der Waals surface area contributed by atoms with E-state index in [9.17, 15) is 19.2 Å². The van der Waals surface area contributed by atoms with Crippen LogP contribution in [0.4, 0.5) is 0 Å². The fourth-order valence-electron chi connectivity index (χ4n) is 1.52. The van der Waals surface area contributed by atoms with Crippen LogP contribution in [0.25, 0.3) is 0 Å². The lowest BCUT2D eigenvalue weighted by Gasteiger charge is -2.02. The predicted octanol–water partition coefficient (Wildman–Crippen LogP) is 2.01. The lowest BCUT2D eigenvalue weighted by Crippen LogP contribution is -2.08. The van der Waals surface area contributed by atoms with E-state index in [-0.39, 0.29) is 36.0 Å². The van der Waals surface area contributed by atoms with Gasteiger partial charge in [-0.05, 0) is 19.9 Å². The monoisotopic (exact) mass is 246 g/mol. The van der Waals surface area contributed by atoms with Gasteiger partial charge in [-0.25, -0.2) is 0 Å². The van der Waals surface area contributed by atoms with Gasteiger partial charge in [0.1, 0.15) is 11.6 Å². The van der Waals surface area contributed by atoms with Gasteiger partial charge in [-0.15, -0.1) is 0 Å². The fraction of sp³-hybridized carbons (Fsp3) is 0.286. The molecule has 0 aliphatic rings. The number of rotatable bonds is 6. The average molecular weight is 246 g/mol. The van der Waals surface area contributed by atoms with Crippen LogP contribution in [-0.4, -0.2) is 23.1 Å². The lowest BCUT2D eigenvalue weighted by molar-refractivity contribution is -0.117. The summed E-state index contributed by atoms with van der Waals surface area (Å²) < 4.78 is 0. The summed E-state index contributed by atoms with van der Waals surface area (Å²) in [6, 6.07) is 6.10. The Labute approximate surface area is 105 Å². The van der Waals surface area contributed by atoms with Gasteiger partial charge in [0.25, 0.3) is 0 Å². The number of ketones is 4. The Bertz CT molecular complexity index is 471. The van der Waals surface area contributed by atoms with Crippen molar-refractivity contribution in [2.24, 2.45) is 0 Å². The summed E-state index contributed by atoms with van der Waals surface area (Å²) >= 11 is 0. The van der Waals surface area contributed by atoms with Crippen LogP contribution in [-0.2, 0) is 9.59 Å². The normalized spacial score (nSPS) is 9.89. The van der Waals surface area contributed by atoms with Crippen molar-refractivity contribution in [2.75, 3.05) is 0 Å². The molecule has 4 nitrogen and oxygen atoms in total. The molecule has 4 heteroatoms. The van der Waals surface area contributed by atoms with Gasteiger partial charge in [0.2, 0.25) is 0 Å². The molecule has 0 N–H and O–H groups in total. The Morgan fingerprint density at radius 3 is 1.56 bits per heavy atom. The maximum Gasteiger partial charge on any atom is 0.170 e. The van der Waals surface area contributed by atoms with Gasteiger partial charge < -0.3 is 0 Å². The molecule has 0 atom stereocenters. The zero-order valence-electron chi connectivity index (χ0n) is 10.4. The Balaban J connectivity index is 2.92. The SMILES string of the molecule is CC(=O)CC(=O)c1cccc(C(=O)CC(C)=O)c1. The van der Waals surface area contributed by atoms with Gasteiger partial charge in [0.05, 0.1) is 12.8 Å². The number of Topliss-reactive ketones (excluding diaryl/α,β-unsaturated/α-hetero) is 4. The van der Waals surface area contributed by atoms with Gasteiger partial charge in [0.15, 0.2) is 11.6 Å². The van der Waals surface area contributed by atoms with E-state index in [0.717, 1.165) is 0 Å². The molecular weight excluding hydrogens is 232 g/mol. The van der Waals surface area contributed by atoms with E-state index in [1.165, 1.54) is 19.9 Å². The van der Waals surface area contributed by atoms with E-state index in [2.05, 4.69) is 0 Å². The van der Waals surface area contributed by atoms with Crippen molar-refractivity contribution >= 4 is 23.1 Å². The first-order valence-electron chi connectivity index (χ1n) is 5.55. The maximum absolute atomic E-state index is 11.7. The van der Waals surface area contributed by atoms with E-state index in [4.69, 9.17) is 0 Å². The van der Waals surface area contributed by atoms with Crippen molar-refractivity contribution < 1.29 is 19.2 Å². The number of hydrogen-bond acceptors (Lipinski definition) is 4. The topological polar surface area (TPSA) is 68.3 Å². The second-order valence-electron chi connectivity index (χ2n) is 4.18. The van der Waals surface area contributed by atoms with Crippen LogP contribution in [0.3, 0.4) is 0 Å². The minimum Gasteiger partial charge on any atom is -0.300 e. The molecule has 1 aromatic carbocycles. The first kappa shape index (κ1) is 14.0. The van der Waals surface area contributed by atoms with Gasteiger partial charge in [-0.1, -0.05) is 18.2 Å². The molecule has 0 heterocycles. The zero-order chi connectivity index (χ0) is 13.7. The Hall–Kier alpha value is -2.10. The molecule has 0 saturated heterocycles. The first-order valence-corrected chi connectivity index (χ1v) is 5.55. The van der Waals surface area contributed by atoms with E-state index in [1.807, 2.05) is 0 Å². The van der Waals surface area contributed by atoms with E-state index in [0.29, 0.717) is 11.1 Å². The third-order valence-electron chi connectivity index (χ3n) is 2.33. The summed E-state index contributed by atoms with van der Waals surface area (Å²) in [6.07, 6.45) is -0.352. The zero-order valence-corrected chi connectivity index (χ0v) is 10.4. The van der Waals surface area contributed by atoms with Crippen molar-refractivity contribution in [3.05, 3.63) is 35.4 Å². The number of carbonyl (C=O) groups is 4. The molecule has 0 bridgehead atoms. The van der Waals surface area contributed by atoms with E-state index >= 15 is 0 Å². The van der Waals surface area contributed by atoms with Crippen LogP contribution in [0.5, 0.6) is 0 Å². The Morgan fingerprint density at radius 1 is 0.833 bits per heavy atom. The standard InChI is InChI=1S/C14H14O4/c1-9(15)6-13(17)11-4-3-5-12(8-11)14(18)7-10(2)16/h3-5,8H,6-7H2,1-2H3.